The minimum atomic E-state index is -0.737. The zero-order valence-corrected chi connectivity index (χ0v) is 20.7. The largest absolute Gasteiger partial charge is 0.337 e. The van der Waals surface area contributed by atoms with E-state index in [1.165, 1.54) is 6.07 Å². The summed E-state index contributed by atoms with van der Waals surface area (Å²) in [6, 6.07) is 10.5. The first-order chi connectivity index (χ1) is 16.3. The lowest BCUT2D eigenvalue weighted by atomic mass is 9.85. The minimum absolute atomic E-state index is 0.00296. The van der Waals surface area contributed by atoms with E-state index in [0.29, 0.717) is 35.7 Å². The predicted octanol–water partition coefficient (Wildman–Crippen LogP) is 4.14. The molecule has 0 aromatic heterocycles. The highest BCUT2D eigenvalue weighted by Crippen LogP contribution is 2.42. The third-order valence-corrected chi connectivity index (χ3v) is 7.13. The molecule has 2 aliphatic rings. The van der Waals surface area contributed by atoms with Gasteiger partial charge in [-0.3, -0.25) is 9.59 Å². The molecule has 6 nitrogen and oxygen atoms in total. The highest BCUT2D eigenvalue weighted by molar-refractivity contribution is 6.31. The summed E-state index contributed by atoms with van der Waals surface area (Å²) in [5.41, 5.74) is 0.894. The zero-order chi connectivity index (χ0) is 24.4. The standard InChI is InChI=1S/C25H29Cl2FN4O2/c1-31(2)12-5-10-20(33)32-13-11-19-24(32)21(17-8-4-9-18(27)22(17)28)23(30-19)25(34)29-16-7-3-6-15(26)14-16/h3-4,6-9,14,19,21,23-24,30H,5,10-13H2,1-2H3,(H,29,34). The average molecular weight is 507 g/mol. The molecule has 0 aliphatic carbocycles. The lowest BCUT2D eigenvalue weighted by molar-refractivity contribution is -0.132. The number of fused-ring (bicyclic) bond motifs is 1. The van der Waals surface area contributed by atoms with E-state index < -0.39 is 17.8 Å². The normalized spacial score (nSPS) is 23.9. The van der Waals surface area contributed by atoms with Gasteiger partial charge in [0.05, 0.1) is 17.1 Å². The van der Waals surface area contributed by atoms with Crippen molar-refractivity contribution in [3.05, 3.63) is 63.9 Å². The molecule has 4 atom stereocenters. The van der Waals surface area contributed by atoms with Gasteiger partial charge in [-0.05, 0) is 63.3 Å². The van der Waals surface area contributed by atoms with Crippen molar-refractivity contribution in [3.63, 3.8) is 0 Å². The summed E-state index contributed by atoms with van der Waals surface area (Å²) in [4.78, 5) is 30.4. The summed E-state index contributed by atoms with van der Waals surface area (Å²) in [5, 5.41) is 6.77. The second-order valence-electron chi connectivity index (χ2n) is 9.19. The summed E-state index contributed by atoms with van der Waals surface area (Å²) in [7, 11) is 3.94. The fourth-order valence-corrected chi connectivity index (χ4v) is 5.49. The number of halogens is 3. The van der Waals surface area contributed by atoms with E-state index in [0.717, 1.165) is 13.0 Å². The van der Waals surface area contributed by atoms with Gasteiger partial charge in [0.2, 0.25) is 11.8 Å². The first-order valence-electron chi connectivity index (χ1n) is 11.5. The lowest BCUT2D eigenvalue weighted by Gasteiger charge is -2.31. The highest BCUT2D eigenvalue weighted by atomic mass is 35.5. The molecule has 0 bridgehead atoms. The molecule has 2 heterocycles. The molecular weight excluding hydrogens is 478 g/mol. The van der Waals surface area contributed by atoms with Crippen LogP contribution in [0.2, 0.25) is 10.0 Å². The quantitative estimate of drug-likeness (QED) is 0.592. The number of nitrogens with zero attached hydrogens (tertiary/aromatic N) is 2. The second kappa shape index (κ2) is 10.6. The Kier molecular flexibility index (Phi) is 7.77. The van der Waals surface area contributed by atoms with Crippen LogP contribution in [0.4, 0.5) is 10.1 Å². The van der Waals surface area contributed by atoms with E-state index in [1.807, 2.05) is 23.9 Å². The predicted molar refractivity (Wildman–Crippen MR) is 133 cm³/mol. The summed E-state index contributed by atoms with van der Waals surface area (Å²) >= 11 is 12.2. The van der Waals surface area contributed by atoms with E-state index in [4.69, 9.17) is 23.2 Å². The monoisotopic (exact) mass is 506 g/mol. The van der Waals surface area contributed by atoms with Crippen molar-refractivity contribution in [2.24, 2.45) is 0 Å². The number of carbonyl (C=O) groups excluding carboxylic acids is 2. The summed E-state index contributed by atoms with van der Waals surface area (Å²) < 4.78 is 15.2. The van der Waals surface area contributed by atoms with Gasteiger partial charge in [-0.25, -0.2) is 4.39 Å². The molecule has 2 aliphatic heterocycles. The van der Waals surface area contributed by atoms with E-state index in [9.17, 15) is 9.59 Å². The van der Waals surface area contributed by atoms with E-state index in [1.54, 1.807) is 36.4 Å². The molecule has 4 rings (SSSR count). The molecule has 2 amide bonds. The van der Waals surface area contributed by atoms with Crippen molar-refractivity contribution < 1.29 is 14.0 Å². The SMILES string of the molecule is CN(C)CCCC(=O)N1CCC2NC(C(=O)Nc3cccc(Cl)c3)C(c3cccc(Cl)c3F)C21. The molecule has 182 valence electrons. The number of amides is 2. The second-order valence-corrected chi connectivity index (χ2v) is 10.0. The molecule has 2 aromatic carbocycles. The van der Waals surface area contributed by atoms with Gasteiger partial charge in [0, 0.05) is 35.6 Å². The molecule has 4 unspecified atom stereocenters. The van der Waals surface area contributed by atoms with Gasteiger partial charge < -0.3 is 20.4 Å². The molecule has 2 saturated heterocycles. The van der Waals surface area contributed by atoms with Crippen molar-refractivity contribution >= 4 is 40.7 Å². The number of carbonyl (C=O) groups is 2. The topological polar surface area (TPSA) is 64.7 Å². The van der Waals surface area contributed by atoms with Gasteiger partial charge in [0.15, 0.2) is 0 Å². The smallest absolute Gasteiger partial charge is 0.242 e. The van der Waals surface area contributed by atoms with Gasteiger partial charge in [-0.1, -0.05) is 41.4 Å². The van der Waals surface area contributed by atoms with Crippen LogP contribution >= 0.6 is 23.2 Å². The van der Waals surface area contributed by atoms with Crippen molar-refractivity contribution in [2.75, 3.05) is 32.5 Å². The van der Waals surface area contributed by atoms with Crippen LogP contribution in [0.15, 0.2) is 42.5 Å². The van der Waals surface area contributed by atoms with Crippen LogP contribution < -0.4 is 10.6 Å². The number of hydrogen-bond acceptors (Lipinski definition) is 4. The van der Waals surface area contributed by atoms with Gasteiger partial charge in [0.25, 0.3) is 0 Å². The Balaban J connectivity index is 1.63. The van der Waals surface area contributed by atoms with Crippen LogP contribution in [0.25, 0.3) is 0 Å². The van der Waals surface area contributed by atoms with Crippen LogP contribution in [-0.4, -0.2) is 66.9 Å². The van der Waals surface area contributed by atoms with Crippen LogP contribution in [0.5, 0.6) is 0 Å². The van der Waals surface area contributed by atoms with Gasteiger partial charge in [-0.15, -0.1) is 0 Å². The third-order valence-electron chi connectivity index (χ3n) is 6.61. The lowest BCUT2D eigenvalue weighted by Crippen LogP contribution is -2.44. The van der Waals surface area contributed by atoms with Crippen molar-refractivity contribution in [1.82, 2.24) is 15.1 Å². The van der Waals surface area contributed by atoms with E-state index in [2.05, 4.69) is 10.6 Å². The van der Waals surface area contributed by atoms with E-state index in [-0.39, 0.29) is 28.9 Å². The van der Waals surface area contributed by atoms with Crippen molar-refractivity contribution in [1.29, 1.82) is 0 Å². The Morgan fingerprint density at radius 1 is 1.21 bits per heavy atom. The maximum absolute atomic E-state index is 15.2. The molecular formula is C25H29Cl2FN4O2. The highest BCUT2D eigenvalue weighted by Gasteiger charge is 2.53. The van der Waals surface area contributed by atoms with Gasteiger partial charge in [0.1, 0.15) is 5.82 Å². The molecule has 0 spiro atoms. The number of hydrogen-bond donors (Lipinski definition) is 2. The average Bonchev–Trinajstić information content (AvgIpc) is 3.35. The Morgan fingerprint density at radius 3 is 2.71 bits per heavy atom. The number of anilines is 1. The maximum atomic E-state index is 15.2. The molecule has 34 heavy (non-hydrogen) atoms. The maximum Gasteiger partial charge on any atom is 0.242 e. The summed E-state index contributed by atoms with van der Waals surface area (Å²) in [6.07, 6.45) is 1.84. The third kappa shape index (κ3) is 5.23. The Labute approximate surface area is 209 Å². The molecule has 2 N–H and O–H groups in total. The molecule has 2 aromatic rings. The Bertz CT molecular complexity index is 1070. The number of nitrogens with one attached hydrogen (secondary N) is 2. The fraction of sp³-hybridized carbons (Fsp3) is 0.440. The number of rotatable bonds is 7. The van der Waals surface area contributed by atoms with Crippen LogP contribution in [-0.2, 0) is 9.59 Å². The van der Waals surface area contributed by atoms with Crippen LogP contribution in [0, 0.1) is 5.82 Å². The van der Waals surface area contributed by atoms with Crippen LogP contribution in [0.1, 0.15) is 30.7 Å². The molecule has 0 saturated carbocycles. The number of benzene rings is 2. The minimum Gasteiger partial charge on any atom is -0.337 e. The van der Waals surface area contributed by atoms with Crippen molar-refractivity contribution in [2.45, 2.75) is 43.3 Å². The fourth-order valence-electron chi connectivity index (χ4n) is 5.12. The number of likely N-dealkylation sites (tertiary alicyclic amines) is 1. The van der Waals surface area contributed by atoms with Gasteiger partial charge in [-0.2, -0.15) is 0 Å². The van der Waals surface area contributed by atoms with Crippen LogP contribution in [0.3, 0.4) is 0 Å². The molecule has 0 radical (unpaired) electrons. The zero-order valence-electron chi connectivity index (χ0n) is 19.2. The Hall–Kier alpha value is -2.19. The summed E-state index contributed by atoms with van der Waals surface area (Å²) in [5.74, 6) is -1.41. The first-order valence-corrected chi connectivity index (χ1v) is 12.2. The van der Waals surface area contributed by atoms with Gasteiger partial charge >= 0.3 is 0 Å². The van der Waals surface area contributed by atoms with E-state index >= 15 is 4.39 Å². The molecule has 9 heteroatoms. The summed E-state index contributed by atoms with van der Waals surface area (Å²) in [6.45, 7) is 1.38. The van der Waals surface area contributed by atoms with Crippen molar-refractivity contribution in [3.8, 4) is 0 Å². The first kappa shape index (κ1) is 24.9. The molecule has 2 fully saturated rings. The Morgan fingerprint density at radius 2 is 1.97 bits per heavy atom.